The van der Waals surface area contributed by atoms with E-state index in [1.54, 1.807) is 25.1 Å². The van der Waals surface area contributed by atoms with Crippen LogP contribution in [0, 0.1) is 0 Å². The van der Waals surface area contributed by atoms with Crippen LogP contribution >= 0.6 is 11.8 Å². The summed E-state index contributed by atoms with van der Waals surface area (Å²) in [6.45, 7) is 15.0. The highest BCUT2D eigenvalue weighted by molar-refractivity contribution is 8.00. The first-order valence-electron chi connectivity index (χ1n) is 10.4. The summed E-state index contributed by atoms with van der Waals surface area (Å²) < 4.78 is 30.0. The summed E-state index contributed by atoms with van der Waals surface area (Å²) in [5.74, 6) is 0.0507. The van der Waals surface area contributed by atoms with E-state index in [2.05, 4.69) is 51.5 Å². The van der Waals surface area contributed by atoms with Crippen LogP contribution in [0.4, 0.5) is 0 Å². The Morgan fingerprint density at radius 2 is 1.81 bits per heavy atom. The van der Waals surface area contributed by atoms with Gasteiger partial charge >= 0.3 is 20.5 Å². The average molecular weight is 471 g/mol. The first kappa shape index (κ1) is 24.3. The van der Waals surface area contributed by atoms with Crippen LogP contribution < -0.4 is 9.47 Å². The van der Waals surface area contributed by atoms with E-state index in [0.29, 0.717) is 12.5 Å². The van der Waals surface area contributed by atoms with Crippen molar-refractivity contribution in [3.8, 4) is 11.9 Å². The SMILES string of the molecule is COc1ncc(C2S[C@@H]3CO[Si](C(C)(C)C)(C(C)(C)C)O[C@H]3[C@H]2OC(C)=O)c(OC)n1. The molecule has 3 heterocycles. The van der Waals surface area contributed by atoms with Crippen molar-refractivity contribution in [2.24, 2.45) is 0 Å². The minimum atomic E-state index is -2.72. The van der Waals surface area contributed by atoms with Gasteiger partial charge in [0.1, 0.15) is 6.10 Å². The fourth-order valence-corrected chi connectivity index (χ4v) is 11.5. The van der Waals surface area contributed by atoms with Gasteiger partial charge in [-0.15, -0.1) is 11.8 Å². The zero-order valence-electron chi connectivity index (χ0n) is 19.8. The number of methoxy groups -OCH3 is 2. The Hall–Kier alpha value is -1.36. The fraction of sp³-hybridized carbons (Fsp3) is 0.762. The summed E-state index contributed by atoms with van der Waals surface area (Å²) in [6.07, 6.45) is 0.887. The van der Waals surface area contributed by atoms with Crippen molar-refractivity contribution >= 4 is 26.3 Å². The number of thioether (sulfide) groups is 1. The molecule has 0 N–H and O–H groups in total. The molecule has 0 amide bonds. The van der Waals surface area contributed by atoms with Gasteiger partial charge in [0, 0.05) is 28.8 Å². The molecular weight excluding hydrogens is 436 g/mol. The summed E-state index contributed by atoms with van der Waals surface area (Å²) >= 11 is 1.66. The third-order valence-electron chi connectivity index (χ3n) is 5.78. The van der Waals surface area contributed by atoms with Gasteiger partial charge in [0.15, 0.2) is 0 Å². The molecule has 2 aliphatic heterocycles. The van der Waals surface area contributed by atoms with Crippen LogP contribution in [0.25, 0.3) is 0 Å². The lowest BCUT2D eigenvalue weighted by atomic mass is 10.0. The zero-order valence-corrected chi connectivity index (χ0v) is 21.7. The fourth-order valence-electron chi connectivity index (χ4n) is 4.73. The van der Waals surface area contributed by atoms with Gasteiger partial charge in [-0.2, -0.15) is 4.98 Å². The third-order valence-corrected chi connectivity index (χ3v) is 12.5. The second-order valence-corrected chi connectivity index (χ2v) is 16.1. The van der Waals surface area contributed by atoms with Crippen molar-refractivity contribution in [3.05, 3.63) is 11.8 Å². The third kappa shape index (κ3) is 4.31. The average Bonchev–Trinajstić information content (AvgIpc) is 3.02. The molecule has 0 aliphatic carbocycles. The lowest BCUT2D eigenvalue weighted by Crippen LogP contribution is -2.65. The van der Waals surface area contributed by atoms with Gasteiger partial charge in [0.25, 0.3) is 0 Å². The van der Waals surface area contributed by atoms with Crippen molar-refractivity contribution in [2.45, 2.75) is 81.3 Å². The summed E-state index contributed by atoms with van der Waals surface area (Å²) in [7, 11) is 0.336. The summed E-state index contributed by atoms with van der Waals surface area (Å²) in [6, 6.07) is 0.219. The number of rotatable bonds is 4. The molecule has 1 aromatic heterocycles. The monoisotopic (exact) mass is 470 g/mol. The number of hydrogen-bond acceptors (Lipinski definition) is 9. The van der Waals surface area contributed by atoms with Crippen LogP contribution in [0.3, 0.4) is 0 Å². The Bertz CT molecular complexity index is 811. The van der Waals surface area contributed by atoms with Crippen molar-refractivity contribution in [3.63, 3.8) is 0 Å². The lowest BCUT2D eigenvalue weighted by Gasteiger charge is -2.54. The molecule has 174 valence electrons. The second kappa shape index (κ2) is 8.53. The molecule has 0 aromatic carbocycles. The van der Waals surface area contributed by atoms with Crippen LogP contribution in [0.2, 0.25) is 10.1 Å². The standard InChI is InChI=1S/C21H34N2O6SSi/c1-12(24)28-16-15-14(11-27-31(29-15,20(2,3)4)21(5,6)7)30-17(16)13-10-22-19(26-9)23-18(13)25-8/h10,14-17H,11H2,1-9H3/t14-,15-,16-,17?/m1/s1. The van der Waals surface area contributed by atoms with Crippen LogP contribution in [-0.2, 0) is 18.4 Å². The maximum absolute atomic E-state index is 12.1. The molecule has 2 saturated heterocycles. The molecule has 8 nitrogen and oxygen atoms in total. The molecule has 2 aliphatic rings. The molecule has 1 aromatic rings. The van der Waals surface area contributed by atoms with Gasteiger partial charge < -0.3 is 23.1 Å². The topological polar surface area (TPSA) is 89.0 Å². The predicted molar refractivity (Wildman–Crippen MR) is 121 cm³/mol. The number of fused-ring (bicyclic) bond motifs is 1. The van der Waals surface area contributed by atoms with E-state index in [1.807, 2.05) is 0 Å². The number of carbonyl (C=O) groups excluding carboxylic acids is 1. The molecule has 10 heteroatoms. The molecule has 3 rings (SSSR count). The highest BCUT2D eigenvalue weighted by Gasteiger charge is 2.65. The largest absolute Gasteiger partial charge is 0.481 e. The Kier molecular flexibility index (Phi) is 6.68. The first-order chi connectivity index (χ1) is 14.3. The lowest BCUT2D eigenvalue weighted by molar-refractivity contribution is -0.153. The summed E-state index contributed by atoms with van der Waals surface area (Å²) in [5, 5.41) is -0.555. The smallest absolute Gasteiger partial charge is 0.349 e. The minimum absolute atomic E-state index is 0.0199. The zero-order chi connectivity index (χ0) is 23.2. The predicted octanol–water partition coefficient (Wildman–Crippen LogP) is 4.04. The molecule has 0 saturated carbocycles. The quantitative estimate of drug-likeness (QED) is 0.478. The molecule has 2 fully saturated rings. The number of hydrogen-bond donors (Lipinski definition) is 0. The second-order valence-electron chi connectivity index (χ2n) is 10.0. The van der Waals surface area contributed by atoms with E-state index in [1.165, 1.54) is 14.0 Å². The Balaban J connectivity index is 2.03. The molecule has 1 unspecified atom stereocenters. The van der Waals surface area contributed by atoms with Gasteiger partial charge in [-0.3, -0.25) is 4.79 Å². The van der Waals surface area contributed by atoms with Crippen molar-refractivity contribution < 1.29 is 27.9 Å². The minimum Gasteiger partial charge on any atom is -0.481 e. The molecular formula is C21H34N2O6SSi. The molecule has 0 spiro atoms. The summed E-state index contributed by atoms with van der Waals surface area (Å²) in [4.78, 5) is 20.6. The van der Waals surface area contributed by atoms with Gasteiger partial charge in [-0.25, -0.2) is 4.98 Å². The number of nitrogens with zero attached hydrogens (tertiary/aromatic N) is 2. The first-order valence-corrected chi connectivity index (χ1v) is 13.2. The van der Waals surface area contributed by atoms with Gasteiger partial charge in [-0.1, -0.05) is 41.5 Å². The highest BCUT2D eigenvalue weighted by Crippen LogP contribution is 2.59. The number of ether oxygens (including phenoxy) is 3. The van der Waals surface area contributed by atoms with E-state index in [4.69, 9.17) is 23.1 Å². The summed E-state index contributed by atoms with van der Waals surface area (Å²) in [5.41, 5.74) is 0.747. The van der Waals surface area contributed by atoms with Crippen molar-refractivity contribution in [1.82, 2.24) is 9.97 Å². The maximum Gasteiger partial charge on any atom is 0.349 e. The van der Waals surface area contributed by atoms with E-state index in [9.17, 15) is 4.79 Å². The van der Waals surface area contributed by atoms with Crippen molar-refractivity contribution in [2.75, 3.05) is 20.8 Å². The van der Waals surface area contributed by atoms with E-state index in [-0.39, 0.29) is 38.7 Å². The van der Waals surface area contributed by atoms with Gasteiger partial charge in [0.2, 0.25) is 5.88 Å². The normalized spacial score (nSPS) is 28.0. The maximum atomic E-state index is 12.1. The van der Waals surface area contributed by atoms with E-state index >= 15 is 0 Å². The Morgan fingerprint density at radius 1 is 1.16 bits per heavy atom. The van der Waals surface area contributed by atoms with E-state index < -0.39 is 14.7 Å². The molecule has 31 heavy (non-hydrogen) atoms. The van der Waals surface area contributed by atoms with E-state index in [0.717, 1.165) is 5.56 Å². The number of esters is 1. The molecule has 0 radical (unpaired) electrons. The molecule has 0 bridgehead atoms. The van der Waals surface area contributed by atoms with Gasteiger partial charge in [0.05, 0.1) is 37.4 Å². The Morgan fingerprint density at radius 3 is 2.32 bits per heavy atom. The van der Waals surface area contributed by atoms with Crippen LogP contribution in [0.5, 0.6) is 11.9 Å². The number of carbonyl (C=O) groups is 1. The van der Waals surface area contributed by atoms with Crippen LogP contribution in [0.1, 0.15) is 59.3 Å². The highest BCUT2D eigenvalue weighted by atomic mass is 32.2. The molecule has 4 atom stereocenters. The van der Waals surface area contributed by atoms with Crippen molar-refractivity contribution in [1.29, 1.82) is 0 Å². The van der Waals surface area contributed by atoms with Gasteiger partial charge in [-0.05, 0) is 0 Å². The van der Waals surface area contributed by atoms with Crippen LogP contribution in [-0.4, -0.2) is 62.8 Å². The van der Waals surface area contributed by atoms with Crippen LogP contribution in [0.15, 0.2) is 6.20 Å². The Labute approximate surface area is 190 Å². The number of aromatic nitrogens is 2.